The maximum atomic E-state index is 14.5. The first-order valence-corrected chi connectivity index (χ1v) is 21.5. The summed E-state index contributed by atoms with van der Waals surface area (Å²) < 4.78 is 90.8. The van der Waals surface area contributed by atoms with E-state index in [1.807, 2.05) is 81.9 Å². The monoisotopic (exact) mass is 881 g/mol. The molecule has 10 rings (SSSR count). The van der Waals surface area contributed by atoms with Gasteiger partial charge in [-0.25, -0.2) is 0 Å². The standard InChI is InChI=1S/C57H41F6N3/c1-31-19-33(3)54(34(4)20-31)37-15-17-50-45(25-37)43-11-7-9-13-48(43)65(50)52-27-40(39-23-41(56(58,59)60)29-42(24-39)57(61,62)63)28-53(47(52)30-64)66-49-14-10-8-12-44(49)46-26-38(16-18-51(46)66)55-35(5)21-32(2)22-36(55)6/h7-29H,1-6H3. The fourth-order valence-corrected chi connectivity index (χ4v) is 10.4. The number of fused-ring (bicyclic) bond motifs is 6. The molecule has 0 aliphatic heterocycles. The first kappa shape index (κ1) is 42.4. The number of halogens is 6. The van der Waals surface area contributed by atoms with Crippen molar-refractivity contribution in [2.45, 2.75) is 53.9 Å². The average Bonchev–Trinajstić information content (AvgIpc) is 3.76. The Kier molecular flexibility index (Phi) is 9.81. The quantitative estimate of drug-likeness (QED) is 0.159. The van der Waals surface area contributed by atoms with Crippen LogP contribution in [0.4, 0.5) is 26.3 Å². The molecule has 2 heterocycles. The van der Waals surface area contributed by atoms with Gasteiger partial charge < -0.3 is 9.13 Å². The fraction of sp³-hybridized carbons (Fsp3) is 0.140. The molecule has 326 valence electrons. The zero-order chi connectivity index (χ0) is 46.6. The summed E-state index contributed by atoms with van der Waals surface area (Å²) in [5.74, 6) is 0. The van der Waals surface area contributed by atoms with Gasteiger partial charge >= 0.3 is 12.4 Å². The normalized spacial score (nSPS) is 12.2. The number of aryl methyl sites for hydroxylation is 6. The molecule has 0 N–H and O–H groups in total. The summed E-state index contributed by atoms with van der Waals surface area (Å²) in [5, 5.41) is 14.9. The summed E-state index contributed by atoms with van der Waals surface area (Å²) in [6.45, 7) is 12.4. The lowest BCUT2D eigenvalue weighted by Crippen LogP contribution is -2.11. The van der Waals surface area contributed by atoms with Crippen molar-refractivity contribution in [3.63, 3.8) is 0 Å². The predicted octanol–water partition coefficient (Wildman–Crippen LogP) is 16.6. The number of nitriles is 1. The second-order valence-corrected chi connectivity index (χ2v) is 17.5. The molecule has 0 bridgehead atoms. The Hall–Kier alpha value is -7.57. The molecule has 2 aromatic heterocycles. The Labute approximate surface area is 377 Å². The summed E-state index contributed by atoms with van der Waals surface area (Å²) in [4.78, 5) is 0. The third-order valence-corrected chi connectivity index (χ3v) is 12.9. The molecule has 66 heavy (non-hydrogen) atoms. The van der Waals surface area contributed by atoms with Crippen LogP contribution in [0.2, 0.25) is 0 Å². The van der Waals surface area contributed by atoms with Crippen molar-refractivity contribution in [2.75, 3.05) is 0 Å². The van der Waals surface area contributed by atoms with Crippen molar-refractivity contribution in [2.24, 2.45) is 0 Å². The van der Waals surface area contributed by atoms with E-state index in [1.54, 1.807) is 12.1 Å². The maximum Gasteiger partial charge on any atom is 0.416 e. The highest BCUT2D eigenvalue weighted by Gasteiger charge is 2.37. The number of nitrogens with zero attached hydrogens (tertiary/aromatic N) is 3. The van der Waals surface area contributed by atoms with Crippen LogP contribution in [0.15, 0.2) is 140 Å². The highest BCUT2D eigenvalue weighted by Crippen LogP contribution is 2.45. The van der Waals surface area contributed by atoms with Crippen LogP contribution >= 0.6 is 0 Å². The van der Waals surface area contributed by atoms with Gasteiger partial charge in [0.25, 0.3) is 0 Å². The molecular weight excluding hydrogens is 841 g/mol. The Balaban J connectivity index is 1.32. The van der Waals surface area contributed by atoms with Crippen molar-refractivity contribution >= 4 is 43.6 Å². The Morgan fingerprint density at radius 3 is 1.14 bits per heavy atom. The summed E-state index contributed by atoms with van der Waals surface area (Å²) in [6.07, 6.45) is -10.2. The molecule has 0 aliphatic rings. The zero-order valence-electron chi connectivity index (χ0n) is 36.9. The maximum absolute atomic E-state index is 14.5. The van der Waals surface area contributed by atoms with E-state index in [2.05, 4.69) is 84.0 Å². The molecule has 0 fully saturated rings. The van der Waals surface area contributed by atoms with Gasteiger partial charge in [-0.1, -0.05) is 83.9 Å². The van der Waals surface area contributed by atoms with Gasteiger partial charge in [0, 0.05) is 21.5 Å². The van der Waals surface area contributed by atoms with Gasteiger partial charge in [-0.2, -0.15) is 31.6 Å². The minimum atomic E-state index is -5.08. The van der Waals surface area contributed by atoms with Gasteiger partial charge in [0.2, 0.25) is 0 Å². The minimum Gasteiger partial charge on any atom is -0.308 e. The number of benzene rings is 8. The van der Waals surface area contributed by atoms with Crippen LogP contribution in [0.25, 0.3) is 88.4 Å². The van der Waals surface area contributed by atoms with Crippen LogP contribution in [0.1, 0.15) is 50.1 Å². The number of aromatic nitrogens is 2. The summed E-state index contributed by atoms with van der Waals surface area (Å²) >= 11 is 0. The largest absolute Gasteiger partial charge is 0.416 e. The van der Waals surface area contributed by atoms with Crippen LogP contribution < -0.4 is 0 Å². The molecule has 3 nitrogen and oxygen atoms in total. The van der Waals surface area contributed by atoms with E-state index in [0.29, 0.717) is 33.4 Å². The Morgan fingerprint density at radius 1 is 0.394 bits per heavy atom. The summed E-state index contributed by atoms with van der Waals surface area (Å²) in [5.41, 5.74) is 11.4. The number of hydrogen-bond acceptors (Lipinski definition) is 1. The topological polar surface area (TPSA) is 33.6 Å². The molecule has 9 heteroatoms. The van der Waals surface area contributed by atoms with E-state index in [0.717, 1.165) is 89.3 Å². The van der Waals surface area contributed by atoms with Gasteiger partial charge in [0.05, 0.1) is 44.6 Å². The van der Waals surface area contributed by atoms with E-state index in [9.17, 15) is 31.6 Å². The third-order valence-electron chi connectivity index (χ3n) is 12.9. The fourth-order valence-electron chi connectivity index (χ4n) is 10.4. The highest BCUT2D eigenvalue weighted by atomic mass is 19.4. The van der Waals surface area contributed by atoms with Crippen LogP contribution in [0, 0.1) is 52.9 Å². The first-order valence-electron chi connectivity index (χ1n) is 21.5. The molecule has 0 spiro atoms. The van der Waals surface area contributed by atoms with E-state index < -0.39 is 23.5 Å². The van der Waals surface area contributed by atoms with Crippen molar-refractivity contribution in [1.82, 2.24) is 9.13 Å². The molecule has 0 aliphatic carbocycles. The predicted molar refractivity (Wildman–Crippen MR) is 255 cm³/mol. The molecular formula is C57H41F6N3. The zero-order valence-corrected chi connectivity index (χ0v) is 36.9. The molecule has 10 aromatic rings. The number of alkyl halides is 6. The van der Waals surface area contributed by atoms with E-state index >= 15 is 0 Å². The number of rotatable bonds is 5. The SMILES string of the molecule is Cc1cc(C)c(-c2ccc3c(c2)c2ccccc2n3-c2cc(-c3cc(C(F)(F)F)cc(C(F)(F)F)c3)cc(-n3c4ccccc4c4cc(-c5c(C)cc(C)cc5C)ccc43)c2C#N)c(C)c1. The Morgan fingerprint density at radius 2 is 0.758 bits per heavy atom. The molecule has 0 saturated heterocycles. The number of para-hydroxylation sites is 2. The van der Waals surface area contributed by atoms with E-state index in [-0.39, 0.29) is 22.8 Å². The van der Waals surface area contributed by atoms with Crippen molar-refractivity contribution in [3.05, 3.63) is 190 Å². The van der Waals surface area contributed by atoms with Crippen LogP contribution in [-0.4, -0.2) is 9.13 Å². The molecule has 8 aromatic carbocycles. The molecule has 0 atom stereocenters. The molecule has 0 amide bonds. The van der Waals surface area contributed by atoms with Gasteiger partial charge in [-0.15, -0.1) is 0 Å². The van der Waals surface area contributed by atoms with Gasteiger partial charge in [0.15, 0.2) is 0 Å². The second-order valence-electron chi connectivity index (χ2n) is 17.5. The molecule has 0 unspecified atom stereocenters. The van der Waals surface area contributed by atoms with Crippen LogP contribution in [-0.2, 0) is 12.4 Å². The van der Waals surface area contributed by atoms with Crippen LogP contribution in [0.5, 0.6) is 0 Å². The van der Waals surface area contributed by atoms with Gasteiger partial charge in [-0.05, 0) is 164 Å². The highest BCUT2D eigenvalue weighted by molar-refractivity contribution is 6.12. The van der Waals surface area contributed by atoms with E-state index in [4.69, 9.17) is 0 Å². The van der Waals surface area contributed by atoms with Gasteiger partial charge in [-0.3, -0.25) is 0 Å². The van der Waals surface area contributed by atoms with E-state index in [1.165, 1.54) is 0 Å². The van der Waals surface area contributed by atoms with Crippen molar-refractivity contribution in [1.29, 1.82) is 5.26 Å². The molecule has 0 saturated carbocycles. The lowest BCUT2D eigenvalue weighted by Gasteiger charge is -2.20. The first-order chi connectivity index (χ1) is 31.4. The van der Waals surface area contributed by atoms with Crippen molar-refractivity contribution in [3.8, 4) is 50.8 Å². The molecule has 0 radical (unpaired) electrons. The summed E-state index contributed by atoms with van der Waals surface area (Å²) in [6, 6.07) is 43.3. The second kappa shape index (κ2) is 15.3. The lowest BCUT2D eigenvalue weighted by atomic mass is 9.93. The number of hydrogen-bond donors (Lipinski definition) is 0. The minimum absolute atomic E-state index is 0.0671. The van der Waals surface area contributed by atoms with Crippen LogP contribution in [0.3, 0.4) is 0 Å². The van der Waals surface area contributed by atoms with Gasteiger partial charge in [0.1, 0.15) is 11.6 Å². The third kappa shape index (κ3) is 6.91. The average molecular weight is 882 g/mol. The Bertz CT molecular complexity index is 3430. The smallest absolute Gasteiger partial charge is 0.308 e. The van der Waals surface area contributed by atoms with Crippen molar-refractivity contribution < 1.29 is 26.3 Å². The lowest BCUT2D eigenvalue weighted by molar-refractivity contribution is -0.143. The summed E-state index contributed by atoms with van der Waals surface area (Å²) in [7, 11) is 0.